The lowest BCUT2D eigenvalue weighted by molar-refractivity contribution is -0.122. The molecule has 0 fully saturated rings. The zero-order valence-electron chi connectivity index (χ0n) is 11.1. The molecule has 102 valence electrons. The minimum Gasteiger partial charge on any atom is -0.350 e. The van der Waals surface area contributed by atoms with Gasteiger partial charge in [0.25, 0.3) is 0 Å². The second-order valence-corrected chi connectivity index (χ2v) is 7.55. The van der Waals surface area contributed by atoms with E-state index in [4.69, 9.17) is 5.73 Å². The predicted molar refractivity (Wildman–Crippen MR) is 69.4 cm³/mol. The minimum absolute atomic E-state index is 0.00742. The van der Waals surface area contributed by atoms with E-state index in [2.05, 4.69) is 19.2 Å². The van der Waals surface area contributed by atoms with Gasteiger partial charge in [0.05, 0.1) is 5.75 Å². The molecule has 0 heterocycles. The Morgan fingerprint density at radius 2 is 1.94 bits per heavy atom. The Kier molecular flexibility index (Phi) is 6.12. The van der Waals surface area contributed by atoms with Crippen LogP contribution in [0.3, 0.4) is 0 Å². The van der Waals surface area contributed by atoms with Crippen molar-refractivity contribution in [2.45, 2.75) is 39.2 Å². The summed E-state index contributed by atoms with van der Waals surface area (Å²) < 4.78 is 21.9. The van der Waals surface area contributed by atoms with Crippen molar-refractivity contribution in [2.24, 2.45) is 11.7 Å². The lowest BCUT2D eigenvalue weighted by Gasteiger charge is -2.31. The summed E-state index contributed by atoms with van der Waals surface area (Å²) in [4.78, 5) is 11.6. The van der Waals surface area contributed by atoms with Crippen molar-refractivity contribution in [1.29, 1.82) is 0 Å². The summed E-state index contributed by atoms with van der Waals surface area (Å²) in [6, 6.07) is 0. The van der Waals surface area contributed by atoms with Crippen molar-refractivity contribution < 1.29 is 13.2 Å². The quantitative estimate of drug-likeness (QED) is 0.692. The molecular weight excluding hydrogens is 240 g/mol. The summed E-state index contributed by atoms with van der Waals surface area (Å²) in [6.45, 7) is 6.33. The third kappa shape index (κ3) is 8.15. The van der Waals surface area contributed by atoms with E-state index in [0.29, 0.717) is 12.5 Å². The highest BCUT2D eigenvalue weighted by Crippen LogP contribution is 2.15. The van der Waals surface area contributed by atoms with Gasteiger partial charge >= 0.3 is 0 Å². The number of sulfone groups is 1. The SMILES string of the molecule is CC(C)CC(C)(CN)NC(=O)CCS(C)(=O)=O. The molecule has 0 aliphatic carbocycles. The van der Waals surface area contributed by atoms with Gasteiger partial charge in [-0.15, -0.1) is 0 Å². The molecule has 5 nitrogen and oxygen atoms in total. The maximum absolute atomic E-state index is 11.6. The molecule has 1 atom stereocenters. The van der Waals surface area contributed by atoms with Gasteiger partial charge in [-0.05, 0) is 19.3 Å². The van der Waals surface area contributed by atoms with Crippen LogP contribution in [0.15, 0.2) is 0 Å². The Labute approximate surface area is 104 Å². The molecule has 0 radical (unpaired) electrons. The zero-order chi connectivity index (χ0) is 13.7. The Hall–Kier alpha value is -0.620. The first-order chi connectivity index (χ1) is 7.58. The van der Waals surface area contributed by atoms with Gasteiger partial charge in [-0.25, -0.2) is 8.42 Å². The van der Waals surface area contributed by atoms with Crippen molar-refractivity contribution in [3.63, 3.8) is 0 Å². The largest absolute Gasteiger partial charge is 0.350 e. The van der Waals surface area contributed by atoms with Crippen LogP contribution in [0.5, 0.6) is 0 Å². The fourth-order valence-electron chi connectivity index (χ4n) is 1.76. The number of rotatable bonds is 7. The Balaban J connectivity index is 4.33. The summed E-state index contributed by atoms with van der Waals surface area (Å²) in [5.74, 6) is 0.0315. The van der Waals surface area contributed by atoms with Crippen LogP contribution >= 0.6 is 0 Å². The van der Waals surface area contributed by atoms with E-state index in [1.807, 2.05) is 6.92 Å². The average molecular weight is 264 g/mol. The van der Waals surface area contributed by atoms with Crippen molar-refractivity contribution in [3.05, 3.63) is 0 Å². The first-order valence-corrected chi connectivity index (χ1v) is 7.83. The summed E-state index contributed by atoms with van der Waals surface area (Å²) >= 11 is 0. The van der Waals surface area contributed by atoms with Gasteiger partial charge in [-0.1, -0.05) is 13.8 Å². The number of nitrogens with two attached hydrogens (primary N) is 1. The van der Waals surface area contributed by atoms with Crippen LogP contribution in [0, 0.1) is 5.92 Å². The van der Waals surface area contributed by atoms with Gasteiger partial charge in [0.2, 0.25) is 5.91 Å². The summed E-state index contributed by atoms with van der Waals surface area (Å²) in [6.07, 6.45) is 1.89. The molecule has 0 aromatic carbocycles. The topological polar surface area (TPSA) is 89.3 Å². The fourth-order valence-corrected chi connectivity index (χ4v) is 2.32. The van der Waals surface area contributed by atoms with Crippen molar-refractivity contribution >= 4 is 15.7 Å². The van der Waals surface area contributed by atoms with E-state index >= 15 is 0 Å². The van der Waals surface area contributed by atoms with Crippen LogP contribution in [0.4, 0.5) is 0 Å². The molecular formula is C11H24N2O3S. The molecule has 17 heavy (non-hydrogen) atoms. The highest BCUT2D eigenvalue weighted by atomic mass is 32.2. The molecule has 0 saturated carbocycles. The van der Waals surface area contributed by atoms with Crippen LogP contribution in [-0.4, -0.2) is 38.4 Å². The third-order valence-corrected chi connectivity index (χ3v) is 3.40. The molecule has 0 spiro atoms. The van der Waals surface area contributed by atoms with E-state index in [1.54, 1.807) is 0 Å². The summed E-state index contributed by atoms with van der Waals surface area (Å²) in [7, 11) is -3.10. The molecule has 3 N–H and O–H groups in total. The van der Waals surface area contributed by atoms with Gasteiger partial charge in [0, 0.05) is 24.8 Å². The summed E-state index contributed by atoms with van der Waals surface area (Å²) in [5, 5.41) is 2.82. The minimum atomic E-state index is -3.10. The normalized spacial score (nSPS) is 15.6. The van der Waals surface area contributed by atoms with E-state index < -0.39 is 15.4 Å². The Morgan fingerprint density at radius 3 is 2.29 bits per heavy atom. The first-order valence-electron chi connectivity index (χ1n) is 5.77. The van der Waals surface area contributed by atoms with E-state index in [0.717, 1.165) is 12.7 Å². The van der Waals surface area contributed by atoms with Crippen LogP contribution in [-0.2, 0) is 14.6 Å². The standard InChI is InChI=1S/C11H24N2O3S/c1-9(2)7-11(3,8-12)13-10(14)5-6-17(4,15)16/h9H,5-8,12H2,1-4H3,(H,13,14). The van der Waals surface area contributed by atoms with Crippen molar-refractivity contribution in [1.82, 2.24) is 5.32 Å². The molecule has 0 rings (SSSR count). The molecule has 0 aromatic heterocycles. The van der Waals surface area contributed by atoms with Crippen LogP contribution in [0.25, 0.3) is 0 Å². The summed E-state index contributed by atoms with van der Waals surface area (Å²) in [5.41, 5.74) is 5.20. The number of carbonyl (C=O) groups excluding carboxylic acids is 1. The lowest BCUT2D eigenvalue weighted by Crippen LogP contribution is -2.52. The van der Waals surface area contributed by atoms with Gasteiger partial charge in [-0.2, -0.15) is 0 Å². The van der Waals surface area contributed by atoms with E-state index in [9.17, 15) is 13.2 Å². The van der Waals surface area contributed by atoms with Gasteiger partial charge < -0.3 is 11.1 Å². The second kappa shape index (κ2) is 6.35. The number of hydrogen-bond donors (Lipinski definition) is 2. The molecule has 0 saturated heterocycles. The number of amides is 1. The molecule has 0 aromatic rings. The highest BCUT2D eigenvalue weighted by Gasteiger charge is 2.25. The molecule has 0 aliphatic rings. The number of nitrogens with one attached hydrogen (secondary N) is 1. The maximum atomic E-state index is 11.6. The highest BCUT2D eigenvalue weighted by molar-refractivity contribution is 7.90. The van der Waals surface area contributed by atoms with Crippen LogP contribution in [0.2, 0.25) is 0 Å². The second-order valence-electron chi connectivity index (χ2n) is 5.29. The maximum Gasteiger partial charge on any atom is 0.221 e. The van der Waals surface area contributed by atoms with Gasteiger partial charge in [0.1, 0.15) is 9.84 Å². The first kappa shape index (κ1) is 16.4. The van der Waals surface area contributed by atoms with Crippen LogP contribution < -0.4 is 11.1 Å². The van der Waals surface area contributed by atoms with Gasteiger partial charge in [0.15, 0.2) is 0 Å². The Morgan fingerprint density at radius 1 is 1.41 bits per heavy atom. The number of carbonyl (C=O) groups is 1. The fraction of sp³-hybridized carbons (Fsp3) is 0.909. The molecule has 1 amide bonds. The van der Waals surface area contributed by atoms with E-state index in [-0.39, 0.29) is 18.1 Å². The predicted octanol–water partition coefficient (Wildman–Crippen LogP) is 0.301. The molecule has 6 heteroatoms. The smallest absolute Gasteiger partial charge is 0.221 e. The van der Waals surface area contributed by atoms with E-state index in [1.165, 1.54) is 0 Å². The lowest BCUT2D eigenvalue weighted by atomic mass is 9.90. The van der Waals surface area contributed by atoms with Gasteiger partial charge in [-0.3, -0.25) is 4.79 Å². The van der Waals surface area contributed by atoms with Crippen molar-refractivity contribution in [3.8, 4) is 0 Å². The molecule has 0 aliphatic heterocycles. The molecule has 1 unspecified atom stereocenters. The third-order valence-electron chi connectivity index (χ3n) is 2.45. The zero-order valence-corrected chi connectivity index (χ0v) is 11.9. The molecule has 0 bridgehead atoms. The van der Waals surface area contributed by atoms with Crippen molar-refractivity contribution in [2.75, 3.05) is 18.6 Å². The van der Waals surface area contributed by atoms with Crippen LogP contribution in [0.1, 0.15) is 33.6 Å². The average Bonchev–Trinajstić information content (AvgIpc) is 2.12. The number of hydrogen-bond acceptors (Lipinski definition) is 4. The monoisotopic (exact) mass is 264 g/mol. The Bertz CT molecular complexity index is 352.